The number of aliphatic hydroxyl groups is 2. The second-order valence-electron chi connectivity index (χ2n) is 8.17. The number of hydrogen-bond acceptors (Lipinski definition) is 4. The molecule has 0 aromatic heterocycles. The topological polar surface area (TPSA) is 66.8 Å². The van der Waals surface area contributed by atoms with Crippen molar-refractivity contribution in [1.29, 1.82) is 0 Å². The second-order valence-corrected chi connectivity index (χ2v) is 8.17. The van der Waals surface area contributed by atoms with Crippen LogP contribution in [0.2, 0.25) is 0 Å². The Morgan fingerprint density at radius 3 is 2.58 bits per heavy atom. The maximum Gasteiger partial charge on any atom is 0.305 e. The average Bonchev–Trinajstić information content (AvgIpc) is 2.96. The third kappa shape index (κ3) is 9.18. The van der Waals surface area contributed by atoms with Gasteiger partial charge in [-0.05, 0) is 50.9 Å². The van der Waals surface area contributed by atoms with Crippen molar-refractivity contribution >= 4 is 5.97 Å². The largest absolute Gasteiger partial charge is 0.469 e. The molecule has 4 nitrogen and oxygen atoms in total. The van der Waals surface area contributed by atoms with Crippen molar-refractivity contribution in [2.24, 2.45) is 11.8 Å². The van der Waals surface area contributed by atoms with E-state index < -0.39 is 5.60 Å². The van der Waals surface area contributed by atoms with Crippen LogP contribution in [-0.2, 0) is 9.53 Å². The lowest BCUT2D eigenvalue weighted by Gasteiger charge is -2.23. The molecule has 0 aromatic carbocycles. The van der Waals surface area contributed by atoms with Gasteiger partial charge in [-0.1, -0.05) is 57.6 Å². The molecule has 0 aliphatic heterocycles. The van der Waals surface area contributed by atoms with Crippen molar-refractivity contribution in [2.75, 3.05) is 7.11 Å². The van der Waals surface area contributed by atoms with Gasteiger partial charge in [0, 0.05) is 6.42 Å². The number of unbranched alkanes of at least 4 members (excludes halogenated alkanes) is 5. The number of carbonyl (C=O) groups is 1. The summed E-state index contributed by atoms with van der Waals surface area (Å²) in [6.07, 6.45) is 15.6. The van der Waals surface area contributed by atoms with Gasteiger partial charge >= 0.3 is 5.97 Å². The monoisotopic (exact) mass is 368 g/mol. The van der Waals surface area contributed by atoms with Gasteiger partial charge in [0.2, 0.25) is 0 Å². The van der Waals surface area contributed by atoms with Crippen LogP contribution in [0.5, 0.6) is 0 Å². The van der Waals surface area contributed by atoms with Gasteiger partial charge in [0.05, 0.1) is 18.8 Å². The number of aliphatic hydroxyl groups excluding tert-OH is 1. The van der Waals surface area contributed by atoms with E-state index in [0.717, 1.165) is 70.6 Å². The lowest BCUT2D eigenvalue weighted by molar-refractivity contribution is -0.140. The molecule has 0 radical (unpaired) electrons. The molecule has 0 amide bonds. The zero-order valence-electron chi connectivity index (χ0n) is 17.1. The number of ether oxygens (including phenoxy) is 1. The van der Waals surface area contributed by atoms with Crippen molar-refractivity contribution in [2.45, 2.75) is 103 Å². The van der Waals surface area contributed by atoms with Gasteiger partial charge in [-0.2, -0.15) is 0 Å². The third-order valence-corrected chi connectivity index (χ3v) is 5.72. The summed E-state index contributed by atoms with van der Waals surface area (Å²) in [5, 5.41) is 20.8. The molecule has 0 saturated heterocycles. The summed E-state index contributed by atoms with van der Waals surface area (Å²) in [7, 11) is 1.43. The van der Waals surface area contributed by atoms with Gasteiger partial charge in [-0.3, -0.25) is 4.79 Å². The predicted octanol–water partition coefficient (Wildman–Crippen LogP) is 4.77. The Morgan fingerprint density at radius 2 is 1.88 bits per heavy atom. The smallest absolute Gasteiger partial charge is 0.305 e. The first kappa shape index (κ1) is 23.2. The van der Waals surface area contributed by atoms with Crippen LogP contribution >= 0.6 is 0 Å². The average molecular weight is 369 g/mol. The molecule has 1 aliphatic carbocycles. The van der Waals surface area contributed by atoms with Crippen LogP contribution < -0.4 is 0 Å². The number of carbonyl (C=O) groups excluding carboxylic acids is 1. The van der Waals surface area contributed by atoms with E-state index in [1.54, 1.807) is 0 Å². The van der Waals surface area contributed by atoms with Crippen molar-refractivity contribution in [1.82, 2.24) is 0 Å². The maximum atomic E-state index is 11.1. The number of rotatable bonds is 13. The van der Waals surface area contributed by atoms with E-state index in [2.05, 4.69) is 17.7 Å². The molecule has 1 fully saturated rings. The second kappa shape index (κ2) is 12.5. The molecule has 0 spiro atoms. The van der Waals surface area contributed by atoms with Crippen LogP contribution in [0, 0.1) is 11.8 Å². The van der Waals surface area contributed by atoms with E-state index in [1.165, 1.54) is 7.11 Å². The predicted molar refractivity (Wildman–Crippen MR) is 106 cm³/mol. The van der Waals surface area contributed by atoms with Gasteiger partial charge in [-0.25, -0.2) is 0 Å². The molecule has 2 N–H and O–H groups in total. The molecule has 0 bridgehead atoms. The Kier molecular flexibility index (Phi) is 11.1. The van der Waals surface area contributed by atoms with E-state index >= 15 is 0 Å². The lowest BCUT2D eigenvalue weighted by atomic mass is 9.87. The van der Waals surface area contributed by atoms with Crippen LogP contribution in [-0.4, -0.2) is 35.0 Å². The first-order chi connectivity index (χ1) is 12.4. The fraction of sp³-hybridized carbons (Fsp3) is 0.864. The molecule has 4 atom stereocenters. The fourth-order valence-corrected chi connectivity index (χ4v) is 3.97. The van der Waals surface area contributed by atoms with Crippen LogP contribution in [0.25, 0.3) is 0 Å². The van der Waals surface area contributed by atoms with E-state index in [9.17, 15) is 15.0 Å². The molecule has 1 aliphatic rings. The molecule has 4 heteroatoms. The minimum absolute atomic E-state index is 0.132. The summed E-state index contributed by atoms with van der Waals surface area (Å²) in [5.74, 6) is 0.545. The highest BCUT2D eigenvalue weighted by molar-refractivity contribution is 5.68. The Labute approximate surface area is 160 Å². The third-order valence-electron chi connectivity index (χ3n) is 5.72. The highest BCUT2D eigenvalue weighted by Gasteiger charge is 2.33. The van der Waals surface area contributed by atoms with Gasteiger partial charge in [0.25, 0.3) is 0 Å². The summed E-state index contributed by atoms with van der Waals surface area (Å²) in [5.41, 5.74) is -0.735. The van der Waals surface area contributed by atoms with Crippen LogP contribution in [0.4, 0.5) is 0 Å². The van der Waals surface area contributed by atoms with Crippen LogP contribution in [0.1, 0.15) is 90.9 Å². The van der Waals surface area contributed by atoms with Crippen molar-refractivity contribution in [3.05, 3.63) is 12.2 Å². The van der Waals surface area contributed by atoms with Gasteiger partial charge in [-0.15, -0.1) is 0 Å². The van der Waals surface area contributed by atoms with Crippen molar-refractivity contribution in [3.8, 4) is 0 Å². The quantitative estimate of drug-likeness (QED) is 0.279. The van der Waals surface area contributed by atoms with Gasteiger partial charge < -0.3 is 14.9 Å². The molecular formula is C22H40O4. The van der Waals surface area contributed by atoms with E-state index in [4.69, 9.17) is 0 Å². The Morgan fingerprint density at radius 1 is 1.15 bits per heavy atom. The maximum absolute atomic E-state index is 11.1. The molecule has 152 valence electrons. The number of hydrogen-bond donors (Lipinski definition) is 2. The number of allylic oxidation sites excluding steroid dienone is 1. The minimum atomic E-state index is -0.735. The summed E-state index contributed by atoms with van der Waals surface area (Å²) in [6, 6.07) is 0. The summed E-state index contributed by atoms with van der Waals surface area (Å²) < 4.78 is 4.65. The molecule has 0 heterocycles. The molecule has 1 saturated carbocycles. The van der Waals surface area contributed by atoms with Crippen LogP contribution in [0.15, 0.2) is 12.2 Å². The summed E-state index contributed by atoms with van der Waals surface area (Å²) in [6.45, 7) is 4.06. The molecule has 1 rings (SSSR count). The normalized spacial score (nSPS) is 25.5. The SMILES string of the molecule is CCCCCC(C)(O)C=CC1CC[C@H](O)[C@@H]1CCCCCCC(=O)OC. The number of methoxy groups -OCH3 is 1. The fourth-order valence-electron chi connectivity index (χ4n) is 3.97. The molecular weight excluding hydrogens is 328 g/mol. The first-order valence-corrected chi connectivity index (χ1v) is 10.6. The zero-order valence-corrected chi connectivity index (χ0v) is 17.1. The molecule has 2 unspecified atom stereocenters. The lowest BCUT2D eigenvalue weighted by Crippen LogP contribution is -2.22. The van der Waals surface area contributed by atoms with Gasteiger partial charge in [0.1, 0.15) is 0 Å². The molecule has 26 heavy (non-hydrogen) atoms. The standard InChI is InChI=1S/C22H40O4/c1-4-5-10-16-22(2,25)17-15-18-13-14-20(23)19(18)11-8-6-7-9-12-21(24)26-3/h15,17-20,23,25H,4-14,16H2,1-3H3/t18?,19-,20+,22?/m1/s1. The van der Waals surface area contributed by atoms with E-state index in [1.807, 2.05) is 13.0 Å². The first-order valence-electron chi connectivity index (χ1n) is 10.6. The van der Waals surface area contributed by atoms with Crippen LogP contribution in [0.3, 0.4) is 0 Å². The highest BCUT2D eigenvalue weighted by atomic mass is 16.5. The van der Waals surface area contributed by atoms with Crippen molar-refractivity contribution < 1.29 is 19.7 Å². The number of esters is 1. The Bertz CT molecular complexity index is 416. The minimum Gasteiger partial charge on any atom is -0.469 e. The van der Waals surface area contributed by atoms with E-state index in [-0.39, 0.29) is 12.1 Å². The summed E-state index contributed by atoms with van der Waals surface area (Å²) >= 11 is 0. The Hall–Kier alpha value is -0.870. The van der Waals surface area contributed by atoms with Gasteiger partial charge in [0.15, 0.2) is 0 Å². The molecule has 0 aromatic rings. The highest BCUT2D eigenvalue weighted by Crippen LogP contribution is 2.37. The van der Waals surface area contributed by atoms with Crippen molar-refractivity contribution in [3.63, 3.8) is 0 Å². The zero-order chi connectivity index (χ0) is 19.4. The summed E-state index contributed by atoms with van der Waals surface area (Å²) in [4.78, 5) is 11.1. The Balaban J connectivity index is 2.34. The van der Waals surface area contributed by atoms with E-state index in [0.29, 0.717) is 18.3 Å².